The van der Waals surface area contributed by atoms with Crippen LogP contribution in [0.5, 0.6) is 0 Å². The number of rotatable bonds is 52. The largest absolute Gasteiger partial charge is 0.394 e. The normalized spacial score (nSPS) is 19.6. The van der Waals surface area contributed by atoms with Gasteiger partial charge in [-0.15, -0.1) is 0 Å². The minimum Gasteiger partial charge on any atom is -0.394 e. The summed E-state index contributed by atoms with van der Waals surface area (Å²) < 4.78 is 11.3. The first-order valence-electron chi connectivity index (χ1n) is 31.1. The van der Waals surface area contributed by atoms with Crippen LogP contribution in [-0.4, -0.2) is 87.5 Å². The van der Waals surface area contributed by atoms with Crippen LogP contribution in [0.25, 0.3) is 0 Å². The molecule has 1 rings (SSSR count). The van der Waals surface area contributed by atoms with E-state index in [2.05, 4.69) is 116 Å². The van der Waals surface area contributed by atoms with Gasteiger partial charge in [0.2, 0.25) is 5.91 Å². The van der Waals surface area contributed by atoms with E-state index >= 15 is 0 Å². The van der Waals surface area contributed by atoms with Gasteiger partial charge < -0.3 is 40.3 Å². The fourth-order valence-corrected chi connectivity index (χ4v) is 9.23. The molecule has 6 N–H and O–H groups in total. The molecule has 1 amide bonds. The third kappa shape index (κ3) is 43.8. The molecule has 9 heteroatoms. The number of unbranched alkanes of at least 4 members (excludes halogenated alkanes) is 26. The molecule has 1 heterocycles. The predicted octanol–water partition coefficient (Wildman–Crippen LogP) is 16.1. The summed E-state index contributed by atoms with van der Waals surface area (Å²) in [5, 5.41) is 54.5. The van der Waals surface area contributed by atoms with Crippen LogP contribution in [0.15, 0.2) is 109 Å². The van der Waals surface area contributed by atoms with Gasteiger partial charge in [0.15, 0.2) is 6.29 Å². The van der Waals surface area contributed by atoms with Crippen molar-refractivity contribution in [1.29, 1.82) is 0 Å². The molecule has 0 aromatic carbocycles. The van der Waals surface area contributed by atoms with Gasteiger partial charge in [-0.2, -0.15) is 0 Å². The number of amides is 1. The molecule has 0 bridgehead atoms. The molecular formula is C67H115NO8. The molecule has 1 aliphatic rings. The summed E-state index contributed by atoms with van der Waals surface area (Å²) in [4.78, 5) is 13.1. The number of aliphatic hydroxyl groups excluding tert-OH is 5. The fraction of sp³-hybridized carbons (Fsp3) is 0.716. The Labute approximate surface area is 466 Å². The second-order valence-electron chi connectivity index (χ2n) is 21.1. The van der Waals surface area contributed by atoms with Gasteiger partial charge in [0, 0.05) is 6.42 Å². The molecular weight excluding hydrogens is 947 g/mol. The summed E-state index contributed by atoms with van der Waals surface area (Å²) in [6.07, 6.45) is 74.5. The van der Waals surface area contributed by atoms with Gasteiger partial charge in [-0.1, -0.05) is 271 Å². The van der Waals surface area contributed by atoms with E-state index < -0.39 is 49.5 Å². The van der Waals surface area contributed by atoms with E-state index in [-0.39, 0.29) is 12.5 Å². The maximum atomic E-state index is 13.1. The van der Waals surface area contributed by atoms with Crippen molar-refractivity contribution in [3.05, 3.63) is 109 Å². The molecule has 1 aliphatic heterocycles. The average Bonchev–Trinajstić information content (AvgIpc) is 3.42. The van der Waals surface area contributed by atoms with E-state index in [1.54, 1.807) is 6.08 Å². The summed E-state index contributed by atoms with van der Waals surface area (Å²) in [5.74, 6) is -0.181. The third-order valence-electron chi connectivity index (χ3n) is 14.1. The van der Waals surface area contributed by atoms with Crippen LogP contribution >= 0.6 is 0 Å². The Balaban J connectivity index is 2.11. The van der Waals surface area contributed by atoms with Gasteiger partial charge in [-0.05, 0) is 83.5 Å². The minimum atomic E-state index is -1.57. The predicted molar refractivity (Wildman–Crippen MR) is 322 cm³/mol. The zero-order valence-corrected chi connectivity index (χ0v) is 48.5. The lowest BCUT2D eigenvalue weighted by Gasteiger charge is -2.40. The standard InChI is InChI=1S/C67H115NO8/c1-3-5-7-9-11-13-15-17-19-20-21-22-23-24-25-26-27-28-29-30-31-32-33-34-35-36-37-38-39-40-41-42-43-45-47-49-51-53-55-57-63(71)68-60(59-75-67-66(74)65(73)64(72)62(58-69)76-67)61(70)56-54-52-50-48-46-44-18-16-14-12-10-8-6-4-2/h5,7,11,13,17,19,21-22,24-25,27-28,30-31,33-34,54,56,60-62,64-67,69-70,72-74H,3-4,6,8-10,12,14-16,18,20,23,26,29,32,35-53,55,57-59H2,1-2H3,(H,68,71)/b7-5-,13-11-,19-17-,22-21-,25-24-,28-27-,31-30-,34-33-,56-54+. The molecule has 0 saturated carbocycles. The van der Waals surface area contributed by atoms with Gasteiger partial charge in [-0.3, -0.25) is 4.79 Å². The number of hydrogen-bond donors (Lipinski definition) is 6. The van der Waals surface area contributed by atoms with Gasteiger partial charge in [0.1, 0.15) is 24.4 Å². The number of aliphatic hydroxyl groups is 5. The molecule has 1 fully saturated rings. The van der Waals surface area contributed by atoms with Crippen molar-refractivity contribution in [2.75, 3.05) is 13.2 Å². The number of ether oxygens (including phenoxy) is 2. The summed E-state index contributed by atoms with van der Waals surface area (Å²) in [6, 6.07) is -0.810. The maximum absolute atomic E-state index is 13.1. The Morgan fingerprint density at radius 2 is 0.816 bits per heavy atom. The number of carbonyl (C=O) groups is 1. The summed E-state index contributed by atoms with van der Waals surface area (Å²) in [5.41, 5.74) is 0. The third-order valence-corrected chi connectivity index (χ3v) is 14.1. The fourth-order valence-electron chi connectivity index (χ4n) is 9.23. The van der Waals surface area contributed by atoms with Gasteiger partial charge in [-0.25, -0.2) is 0 Å². The van der Waals surface area contributed by atoms with Crippen LogP contribution < -0.4 is 5.32 Å². The lowest BCUT2D eigenvalue weighted by Crippen LogP contribution is -2.60. The van der Waals surface area contributed by atoms with E-state index in [4.69, 9.17) is 9.47 Å². The average molecular weight is 1060 g/mol. The molecule has 76 heavy (non-hydrogen) atoms. The van der Waals surface area contributed by atoms with Crippen molar-refractivity contribution in [3.63, 3.8) is 0 Å². The van der Waals surface area contributed by atoms with Crippen LogP contribution in [0, 0.1) is 0 Å². The highest BCUT2D eigenvalue weighted by Crippen LogP contribution is 2.23. The van der Waals surface area contributed by atoms with Gasteiger partial charge in [0.25, 0.3) is 0 Å². The van der Waals surface area contributed by atoms with Crippen molar-refractivity contribution in [2.45, 2.75) is 294 Å². The summed E-state index contributed by atoms with van der Waals surface area (Å²) >= 11 is 0. The van der Waals surface area contributed by atoms with E-state index in [9.17, 15) is 30.3 Å². The maximum Gasteiger partial charge on any atom is 0.220 e. The molecule has 7 atom stereocenters. The van der Waals surface area contributed by atoms with Crippen molar-refractivity contribution in [2.24, 2.45) is 0 Å². The second kappa shape index (κ2) is 55.2. The molecule has 0 aromatic heterocycles. The Kier molecular flexibility index (Phi) is 51.4. The number of hydrogen-bond acceptors (Lipinski definition) is 8. The highest BCUT2D eigenvalue weighted by molar-refractivity contribution is 5.76. The Morgan fingerprint density at radius 1 is 0.461 bits per heavy atom. The first-order chi connectivity index (χ1) is 37.3. The van der Waals surface area contributed by atoms with Crippen LogP contribution in [0.1, 0.15) is 251 Å². The SMILES string of the molecule is CC/C=C\C/C=C\C/C=C\C/C=C\C/C=C\C/C=C\C/C=C\C/C=C\CCCCCCCCCCCCCCCCC(=O)NC(COC1OC(CO)C(O)C(O)C1O)C(O)/C=C/CCCCCCCCCCCCCC. The van der Waals surface area contributed by atoms with E-state index in [0.717, 1.165) is 89.9 Å². The first kappa shape index (κ1) is 70.9. The molecule has 0 aliphatic carbocycles. The number of carbonyl (C=O) groups excluding carboxylic acids is 1. The van der Waals surface area contributed by atoms with Crippen LogP contribution in [0.4, 0.5) is 0 Å². The monoisotopic (exact) mass is 1060 g/mol. The van der Waals surface area contributed by atoms with E-state index in [1.165, 1.54) is 141 Å². The molecule has 1 saturated heterocycles. The molecule has 9 nitrogen and oxygen atoms in total. The molecule has 0 aromatic rings. The topological polar surface area (TPSA) is 149 Å². The van der Waals surface area contributed by atoms with Crippen molar-refractivity contribution in [3.8, 4) is 0 Å². The number of nitrogens with one attached hydrogen (secondary N) is 1. The van der Waals surface area contributed by atoms with Crippen molar-refractivity contribution < 1.29 is 39.8 Å². The van der Waals surface area contributed by atoms with Gasteiger partial charge in [0.05, 0.1) is 25.4 Å². The number of allylic oxidation sites excluding steroid dienone is 17. The van der Waals surface area contributed by atoms with Crippen LogP contribution in [-0.2, 0) is 14.3 Å². The highest BCUT2D eigenvalue weighted by Gasteiger charge is 2.44. The molecule has 436 valence electrons. The second-order valence-corrected chi connectivity index (χ2v) is 21.1. The van der Waals surface area contributed by atoms with Crippen molar-refractivity contribution in [1.82, 2.24) is 5.32 Å². The van der Waals surface area contributed by atoms with Crippen LogP contribution in [0.2, 0.25) is 0 Å². The smallest absolute Gasteiger partial charge is 0.220 e. The van der Waals surface area contributed by atoms with Gasteiger partial charge >= 0.3 is 0 Å². The first-order valence-corrected chi connectivity index (χ1v) is 31.1. The van der Waals surface area contributed by atoms with E-state index in [0.29, 0.717) is 6.42 Å². The molecule has 0 radical (unpaired) electrons. The lowest BCUT2D eigenvalue weighted by molar-refractivity contribution is -0.302. The quantitative estimate of drug-likeness (QED) is 0.0261. The summed E-state index contributed by atoms with van der Waals surface area (Å²) in [7, 11) is 0. The lowest BCUT2D eigenvalue weighted by atomic mass is 9.99. The molecule has 0 spiro atoms. The Hall–Kier alpha value is -3.15. The Morgan fingerprint density at radius 3 is 1.21 bits per heavy atom. The minimum absolute atomic E-state index is 0.181. The van der Waals surface area contributed by atoms with Crippen molar-refractivity contribution >= 4 is 5.91 Å². The highest BCUT2D eigenvalue weighted by atomic mass is 16.7. The Bertz CT molecular complexity index is 1560. The molecule has 7 unspecified atom stereocenters. The summed E-state index contributed by atoms with van der Waals surface area (Å²) in [6.45, 7) is 3.66. The zero-order chi connectivity index (χ0) is 55.0. The zero-order valence-electron chi connectivity index (χ0n) is 48.5. The van der Waals surface area contributed by atoms with E-state index in [1.807, 2.05) is 6.08 Å². The van der Waals surface area contributed by atoms with Crippen LogP contribution in [0.3, 0.4) is 0 Å².